The van der Waals surface area contributed by atoms with Gasteiger partial charge in [0.25, 0.3) is 0 Å². The Morgan fingerprint density at radius 1 is 1.47 bits per heavy atom. The van der Waals surface area contributed by atoms with Crippen LogP contribution in [0.1, 0.15) is 5.56 Å². The van der Waals surface area contributed by atoms with Gasteiger partial charge in [-0.1, -0.05) is 18.3 Å². The Labute approximate surface area is 114 Å². The number of nitrogens with one attached hydrogen (secondary N) is 1. The van der Waals surface area contributed by atoms with E-state index in [0.717, 1.165) is 5.56 Å². The molecule has 0 saturated heterocycles. The second-order valence-corrected chi connectivity index (χ2v) is 4.65. The molecular formula is C12H12FN3O2S. The SMILES string of the molecule is NC(=S)CNC(=O)C(=O)N1CCc2ccc(F)cc21. The lowest BCUT2D eigenvalue weighted by Gasteiger charge is -2.16. The number of thiocarbonyl (C=S) groups is 1. The van der Waals surface area contributed by atoms with Crippen molar-refractivity contribution >= 4 is 34.7 Å². The number of hydrogen-bond acceptors (Lipinski definition) is 3. The molecule has 100 valence electrons. The van der Waals surface area contributed by atoms with E-state index in [-0.39, 0.29) is 11.5 Å². The van der Waals surface area contributed by atoms with Crippen molar-refractivity contribution in [1.82, 2.24) is 5.32 Å². The Morgan fingerprint density at radius 3 is 2.89 bits per heavy atom. The van der Waals surface area contributed by atoms with Crippen LogP contribution in [0.15, 0.2) is 18.2 Å². The minimum atomic E-state index is -0.801. The van der Waals surface area contributed by atoms with Gasteiger partial charge in [-0.05, 0) is 24.1 Å². The topological polar surface area (TPSA) is 75.4 Å². The first kappa shape index (κ1) is 13.4. The summed E-state index contributed by atoms with van der Waals surface area (Å²) in [4.78, 5) is 24.9. The number of hydrogen-bond donors (Lipinski definition) is 2. The lowest BCUT2D eigenvalue weighted by Crippen LogP contribution is -2.44. The molecule has 1 aliphatic heterocycles. The van der Waals surface area contributed by atoms with Crippen LogP contribution in [0.4, 0.5) is 10.1 Å². The molecule has 0 bridgehead atoms. The van der Waals surface area contributed by atoms with Crippen LogP contribution in [0.3, 0.4) is 0 Å². The van der Waals surface area contributed by atoms with Crippen molar-refractivity contribution in [2.45, 2.75) is 6.42 Å². The molecule has 1 aromatic rings. The molecule has 1 heterocycles. The Kier molecular flexibility index (Phi) is 3.75. The number of benzene rings is 1. The van der Waals surface area contributed by atoms with E-state index >= 15 is 0 Å². The number of anilines is 1. The van der Waals surface area contributed by atoms with Gasteiger partial charge >= 0.3 is 11.8 Å². The zero-order valence-electron chi connectivity index (χ0n) is 9.98. The highest BCUT2D eigenvalue weighted by molar-refractivity contribution is 7.80. The minimum absolute atomic E-state index is 0.0379. The van der Waals surface area contributed by atoms with Crippen LogP contribution in [-0.2, 0) is 16.0 Å². The fraction of sp³-hybridized carbons (Fsp3) is 0.250. The summed E-state index contributed by atoms with van der Waals surface area (Å²) >= 11 is 4.60. The van der Waals surface area contributed by atoms with E-state index in [2.05, 4.69) is 17.5 Å². The van der Waals surface area contributed by atoms with Gasteiger partial charge in [-0.3, -0.25) is 9.59 Å². The van der Waals surface area contributed by atoms with E-state index in [1.54, 1.807) is 6.07 Å². The number of fused-ring (bicyclic) bond motifs is 1. The number of nitrogens with two attached hydrogens (primary N) is 1. The zero-order chi connectivity index (χ0) is 14.0. The number of carbonyl (C=O) groups is 2. The maximum atomic E-state index is 13.2. The van der Waals surface area contributed by atoms with Gasteiger partial charge in [0.2, 0.25) is 0 Å². The molecule has 0 radical (unpaired) electrons. The molecular weight excluding hydrogens is 269 g/mol. The van der Waals surface area contributed by atoms with Gasteiger partial charge in [0, 0.05) is 6.54 Å². The highest BCUT2D eigenvalue weighted by Gasteiger charge is 2.29. The van der Waals surface area contributed by atoms with Crippen molar-refractivity contribution in [2.24, 2.45) is 5.73 Å². The van der Waals surface area contributed by atoms with Crippen LogP contribution in [-0.4, -0.2) is 29.9 Å². The van der Waals surface area contributed by atoms with Crippen LogP contribution in [0.5, 0.6) is 0 Å². The molecule has 1 aromatic carbocycles. The van der Waals surface area contributed by atoms with Crippen molar-refractivity contribution in [3.8, 4) is 0 Å². The van der Waals surface area contributed by atoms with E-state index in [4.69, 9.17) is 5.73 Å². The second-order valence-electron chi connectivity index (χ2n) is 4.13. The molecule has 0 saturated carbocycles. The van der Waals surface area contributed by atoms with Crippen LogP contribution >= 0.6 is 12.2 Å². The molecule has 7 heteroatoms. The summed E-state index contributed by atoms with van der Waals surface area (Å²) in [6.45, 7) is 0.321. The summed E-state index contributed by atoms with van der Waals surface area (Å²) in [7, 11) is 0. The van der Waals surface area contributed by atoms with Crippen LogP contribution in [0.2, 0.25) is 0 Å². The molecule has 5 nitrogen and oxygen atoms in total. The standard InChI is InChI=1S/C12H12FN3O2S/c13-8-2-1-7-3-4-16(9(7)5-8)12(18)11(17)15-6-10(14)19/h1-2,5H,3-4,6H2,(H2,14,19)(H,15,17). The number of rotatable bonds is 2. The first-order valence-corrected chi connectivity index (χ1v) is 6.06. The Morgan fingerprint density at radius 2 is 2.21 bits per heavy atom. The Hall–Kier alpha value is -2.02. The van der Waals surface area contributed by atoms with Gasteiger partial charge in [-0.25, -0.2) is 4.39 Å². The van der Waals surface area contributed by atoms with E-state index < -0.39 is 17.6 Å². The zero-order valence-corrected chi connectivity index (χ0v) is 10.8. The summed E-state index contributed by atoms with van der Waals surface area (Å²) in [5.41, 5.74) is 6.52. The van der Waals surface area contributed by atoms with Crippen molar-refractivity contribution in [3.63, 3.8) is 0 Å². The third kappa shape index (κ3) is 2.87. The van der Waals surface area contributed by atoms with Crippen LogP contribution in [0.25, 0.3) is 0 Å². The maximum absolute atomic E-state index is 13.2. The minimum Gasteiger partial charge on any atom is -0.392 e. The van der Waals surface area contributed by atoms with E-state index in [0.29, 0.717) is 18.7 Å². The highest BCUT2D eigenvalue weighted by atomic mass is 32.1. The van der Waals surface area contributed by atoms with Gasteiger partial charge in [-0.15, -0.1) is 0 Å². The van der Waals surface area contributed by atoms with Gasteiger partial charge in [0.05, 0.1) is 17.2 Å². The average molecular weight is 281 g/mol. The number of amides is 2. The van der Waals surface area contributed by atoms with Crippen molar-refractivity contribution in [2.75, 3.05) is 18.0 Å². The summed E-state index contributed by atoms with van der Waals surface area (Å²) in [5.74, 6) is -1.98. The third-order valence-corrected chi connectivity index (χ3v) is 2.95. The number of halogens is 1. The van der Waals surface area contributed by atoms with E-state index in [1.165, 1.54) is 17.0 Å². The lowest BCUT2D eigenvalue weighted by atomic mass is 10.2. The predicted molar refractivity (Wildman–Crippen MR) is 72.3 cm³/mol. The smallest absolute Gasteiger partial charge is 0.316 e. The predicted octanol–water partition coefficient (Wildman–Crippen LogP) is 0.117. The monoisotopic (exact) mass is 281 g/mol. The summed E-state index contributed by atoms with van der Waals surface area (Å²) in [6, 6.07) is 4.20. The average Bonchev–Trinajstić information content (AvgIpc) is 2.77. The summed E-state index contributed by atoms with van der Waals surface area (Å²) < 4.78 is 13.2. The molecule has 2 amide bonds. The largest absolute Gasteiger partial charge is 0.392 e. The highest BCUT2D eigenvalue weighted by Crippen LogP contribution is 2.28. The van der Waals surface area contributed by atoms with Gasteiger partial charge < -0.3 is 16.0 Å². The lowest BCUT2D eigenvalue weighted by molar-refractivity contribution is -0.137. The van der Waals surface area contributed by atoms with Gasteiger partial charge in [-0.2, -0.15) is 0 Å². The first-order chi connectivity index (χ1) is 8.99. The molecule has 0 atom stereocenters. The molecule has 2 rings (SSSR count). The van der Waals surface area contributed by atoms with Crippen LogP contribution in [0, 0.1) is 5.82 Å². The molecule has 0 unspecified atom stereocenters. The molecule has 0 spiro atoms. The van der Waals surface area contributed by atoms with Crippen molar-refractivity contribution < 1.29 is 14.0 Å². The summed E-state index contributed by atoms with van der Waals surface area (Å²) in [6.07, 6.45) is 0.601. The molecule has 0 fully saturated rings. The summed E-state index contributed by atoms with van der Waals surface area (Å²) in [5, 5.41) is 2.31. The third-order valence-electron chi connectivity index (χ3n) is 2.81. The maximum Gasteiger partial charge on any atom is 0.316 e. The first-order valence-electron chi connectivity index (χ1n) is 5.65. The fourth-order valence-electron chi connectivity index (χ4n) is 1.93. The van der Waals surface area contributed by atoms with Gasteiger partial charge in [0.15, 0.2) is 0 Å². The molecule has 3 N–H and O–H groups in total. The molecule has 19 heavy (non-hydrogen) atoms. The number of carbonyl (C=O) groups excluding carboxylic acids is 2. The van der Waals surface area contributed by atoms with Crippen molar-refractivity contribution in [1.29, 1.82) is 0 Å². The van der Waals surface area contributed by atoms with E-state index in [1.807, 2.05) is 0 Å². The van der Waals surface area contributed by atoms with E-state index in [9.17, 15) is 14.0 Å². The normalized spacial score (nSPS) is 13.0. The molecule has 1 aliphatic rings. The fourth-order valence-corrected chi connectivity index (χ4v) is 2.00. The quantitative estimate of drug-likeness (QED) is 0.596. The molecule has 0 aliphatic carbocycles. The van der Waals surface area contributed by atoms with Crippen molar-refractivity contribution in [3.05, 3.63) is 29.6 Å². The van der Waals surface area contributed by atoms with Gasteiger partial charge in [0.1, 0.15) is 5.82 Å². The second kappa shape index (κ2) is 5.31. The molecule has 0 aromatic heterocycles. The Balaban J connectivity index is 2.12. The van der Waals surface area contributed by atoms with Crippen LogP contribution < -0.4 is 16.0 Å². The number of nitrogens with zero attached hydrogens (tertiary/aromatic N) is 1. The Bertz CT molecular complexity index is 562.